The van der Waals surface area contributed by atoms with Crippen LogP contribution in [0.5, 0.6) is 5.75 Å². The Bertz CT molecular complexity index is 2420. The summed E-state index contributed by atoms with van der Waals surface area (Å²) < 4.78 is 8.24. The van der Waals surface area contributed by atoms with Crippen molar-refractivity contribution >= 4 is 46.4 Å². The van der Waals surface area contributed by atoms with Gasteiger partial charge in [0.2, 0.25) is 0 Å². The van der Waals surface area contributed by atoms with E-state index in [0.29, 0.717) is 5.92 Å². The number of rotatable bonds is 2. The van der Waals surface area contributed by atoms with Gasteiger partial charge in [-0.15, -0.1) is 0 Å². The van der Waals surface area contributed by atoms with Crippen LogP contribution in [0.1, 0.15) is 78.3 Å². The molecule has 4 aliphatic carbocycles. The highest BCUT2D eigenvalue weighted by atomic mass is 16.5. The average molecular weight is 690 g/mol. The molecule has 2 atom stereocenters. The Morgan fingerprint density at radius 2 is 1.53 bits per heavy atom. The second-order valence-corrected chi connectivity index (χ2v) is 14.0. The summed E-state index contributed by atoms with van der Waals surface area (Å²) in [6.07, 6.45) is 27.2. The molecule has 2 heterocycles. The second-order valence-electron chi connectivity index (χ2n) is 14.0. The first-order chi connectivity index (χ1) is 26.2. The third-order valence-corrected chi connectivity index (χ3v) is 10.6. The standard InChI is InChI=1S/C37H31N.C12H10O.C2H6/c1-26-19-22-37-35(23-26)34-17-8-9-18-36(34)38(37)31-14-10-13-28(25-31)29-21-20-27-11-4-2-3-5-12-30(24-29)33-16-7-6-15-32(27)33;1-3-7-11-9(5-1)10-6-2-4-8-12(10)13-11;1-2/h2-5,7-14,16-22,24-26H,6,15,23H2,1H3;1-7,12H,8H2;1-2H3/b3-2?,4-2?,5-3?,11-4?,12-5?,21-20-,27-11?,27-20?,29-21?,29-24+,30-12?,30-24?,32-27?,33-30?;;. The lowest BCUT2D eigenvalue weighted by Crippen LogP contribution is -2.11. The van der Waals surface area contributed by atoms with E-state index < -0.39 is 0 Å². The zero-order valence-corrected chi connectivity index (χ0v) is 31.0. The number of nitrogens with zero attached hydrogens (tertiary/aromatic N) is 1. The first kappa shape index (κ1) is 34.2. The summed E-state index contributed by atoms with van der Waals surface area (Å²) in [6, 6.07) is 39.2. The monoisotopic (exact) mass is 689 g/mol. The maximum atomic E-state index is 5.79. The third-order valence-electron chi connectivity index (χ3n) is 10.6. The molecule has 0 spiro atoms. The van der Waals surface area contributed by atoms with Gasteiger partial charge in [0.05, 0.1) is 5.52 Å². The summed E-state index contributed by atoms with van der Waals surface area (Å²) in [5, 5.41) is 1.37. The van der Waals surface area contributed by atoms with Gasteiger partial charge in [-0.2, -0.15) is 0 Å². The zero-order valence-electron chi connectivity index (χ0n) is 31.0. The van der Waals surface area contributed by atoms with Crippen LogP contribution in [0, 0.1) is 5.92 Å². The van der Waals surface area contributed by atoms with Crippen LogP contribution >= 0.6 is 0 Å². The molecular weight excluding hydrogens is 643 g/mol. The molecule has 2 bridgehead atoms. The van der Waals surface area contributed by atoms with Gasteiger partial charge in [0.25, 0.3) is 0 Å². The van der Waals surface area contributed by atoms with Gasteiger partial charge in [-0.25, -0.2) is 0 Å². The molecule has 2 nitrogen and oxygen atoms in total. The van der Waals surface area contributed by atoms with E-state index in [2.05, 4.69) is 169 Å². The van der Waals surface area contributed by atoms with Crippen molar-refractivity contribution in [3.8, 4) is 11.4 Å². The van der Waals surface area contributed by atoms with Crippen molar-refractivity contribution in [3.05, 3.63) is 190 Å². The van der Waals surface area contributed by atoms with Crippen LogP contribution in [-0.4, -0.2) is 10.7 Å². The Hall–Kier alpha value is -5.86. The molecule has 4 aromatic carbocycles. The van der Waals surface area contributed by atoms with Crippen LogP contribution in [-0.2, 0) is 12.8 Å². The number of benzene rings is 3. The Labute approximate surface area is 314 Å². The Kier molecular flexibility index (Phi) is 9.95. The van der Waals surface area contributed by atoms with Crippen molar-refractivity contribution < 1.29 is 4.74 Å². The van der Waals surface area contributed by atoms with Crippen molar-refractivity contribution in [3.63, 3.8) is 0 Å². The largest absolute Gasteiger partial charge is 0.485 e. The van der Waals surface area contributed by atoms with Crippen LogP contribution < -0.4 is 4.74 Å². The number of allylic oxidation sites excluding steroid dienone is 6. The molecule has 10 rings (SSSR count). The van der Waals surface area contributed by atoms with Gasteiger partial charge in [0.1, 0.15) is 11.9 Å². The van der Waals surface area contributed by atoms with Crippen molar-refractivity contribution in [2.24, 2.45) is 5.92 Å². The highest BCUT2D eigenvalue weighted by molar-refractivity contribution is 5.95. The molecule has 0 N–H and O–H groups in total. The summed E-state index contributed by atoms with van der Waals surface area (Å²) in [7, 11) is 0. The van der Waals surface area contributed by atoms with Gasteiger partial charge < -0.3 is 9.30 Å². The van der Waals surface area contributed by atoms with Crippen molar-refractivity contribution in [2.75, 3.05) is 0 Å². The van der Waals surface area contributed by atoms with Gasteiger partial charge in [0.15, 0.2) is 0 Å². The van der Waals surface area contributed by atoms with Gasteiger partial charge in [0, 0.05) is 34.3 Å². The zero-order chi connectivity index (χ0) is 36.1. The summed E-state index contributed by atoms with van der Waals surface area (Å²) in [4.78, 5) is 0. The molecule has 2 unspecified atom stereocenters. The van der Waals surface area contributed by atoms with E-state index in [0.717, 1.165) is 31.4 Å². The highest BCUT2D eigenvalue weighted by Gasteiger charge is 2.28. The van der Waals surface area contributed by atoms with Gasteiger partial charge in [-0.1, -0.05) is 154 Å². The number of ether oxygens (including phenoxy) is 1. The fourth-order valence-corrected chi connectivity index (χ4v) is 8.14. The fourth-order valence-electron chi connectivity index (χ4n) is 8.14. The summed E-state index contributed by atoms with van der Waals surface area (Å²) in [5.41, 5.74) is 15.6. The smallest absolute Gasteiger partial charge is 0.128 e. The lowest BCUT2D eigenvalue weighted by molar-refractivity contribution is 0.279. The lowest BCUT2D eigenvalue weighted by atomic mass is 9.88. The van der Waals surface area contributed by atoms with E-state index in [-0.39, 0.29) is 6.10 Å². The summed E-state index contributed by atoms with van der Waals surface area (Å²) >= 11 is 0. The third kappa shape index (κ3) is 6.78. The quantitative estimate of drug-likeness (QED) is 0.180. The Balaban J connectivity index is 0.000000222. The van der Waals surface area contributed by atoms with Crippen LogP contribution in [0.2, 0.25) is 0 Å². The van der Waals surface area contributed by atoms with Crippen LogP contribution in [0.25, 0.3) is 52.0 Å². The van der Waals surface area contributed by atoms with Gasteiger partial charge in [-0.3, -0.25) is 0 Å². The molecule has 0 fully saturated rings. The van der Waals surface area contributed by atoms with E-state index in [1.165, 1.54) is 72.4 Å². The second kappa shape index (κ2) is 15.4. The Morgan fingerprint density at radius 3 is 2.43 bits per heavy atom. The molecule has 1 aromatic heterocycles. The topological polar surface area (TPSA) is 14.2 Å². The SMILES string of the molecule is C1=CCC2Oc3ccccc3C2=C1.CC.CC1C=Cc2c(c3ccccc3n2-c2cccc(C3=C/c4ccccccc(c5c4C=CCC5)/C=C\3)c2)C1. The van der Waals surface area contributed by atoms with E-state index in [9.17, 15) is 0 Å². The molecule has 0 saturated carbocycles. The molecule has 2 heteroatoms. The number of hydrogen-bond acceptors (Lipinski definition) is 1. The first-order valence-corrected chi connectivity index (χ1v) is 19.3. The molecule has 53 heavy (non-hydrogen) atoms. The van der Waals surface area contributed by atoms with Crippen molar-refractivity contribution in [2.45, 2.75) is 52.6 Å². The molecule has 5 aromatic rings. The highest BCUT2D eigenvalue weighted by Crippen LogP contribution is 2.40. The summed E-state index contributed by atoms with van der Waals surface area (Å²) in [6.45, 7) is 6.31. The molecule has 5 aliphatic rings. The number of fused-ring (bicyclic) bond motifs is 6. The maximum Gasteiger partial charge on any atom is 0.128 e. The molecule has 0 radical (unpaired) electrons. The molecule has 1 aliphatic heterocycles. The van der Waals surface area contributed by atoms with Crippen LogP contribution in [0.4, 0.5) is 0 Å². The van der Waals surface area contributed by atoms with Gasteiger partial charge in [-0.05, 0) is 101 Å². The number of aromatic nitrogens is 1. The van der Waals surface area contributed by atoms with E-state index in [1.54, 1.807) is 0 Å². The fraction of sp³-hybridized carbons (Fsp3) is 0.176. The first-order valence-electron chi connectivity index (χ1n) is 19.3. The lowest BCUT2D eigenvalue weighted by Gasteiger charge is -2.18. The number of para-hydroxylation sites is 2. The van der Waals surface area contributed by atoms with E-state index >= 15 is 0 Å². The van der Waals surface area contributed by atoms with Crippen LogP contribution in [0.15, 0.2) is 146 Å². The minimum Gasteiger partial charge on any atom is -0.485 e. The number of hydrogen-bond donors (Lipinski definition) is 0. The van der Waals surface area contributed by atoms with Crippen LogP contribution in [0.3, 0.4) is 0 Å². The summed E-state index contributed by atoms with van der Waals surface area (Å²) in [5.74, 6) is 1.59. The van der Waals surface area contributed by atoms with E-state index in [1.807, 2.05) is 26.0 Å². The predicted molar refractivity (Wildman–Crippen MR) is 227 cm³/mol. The minimum absolute atomic E-state index is 0.266. The maximum absolute atomic E-state index is 5.79. The Morgan fingerprint density at radius 1 is 0.717 bits per heavy atom. The molecule has 0 amide bonds. The van der Waals surface area contributed by atoms with E-state index in [4.69, 9.17) is 4.74 Å². The predicted octanol–water partition coefficient (Wildman–Crippen LogP) is 13.3. The average Bonchev–Trinajstić information content (AvgIpc) is 3.75. The molecule has 0 saturated heterocycles. The van der Waals surface area contributed by atoms with Gasteiger partial charge >= 0.3 is 0 Å². The van der Waals surface area contributed by atoms with Crippen molar-refractivity contribution in [1.29, 1.82) is 0 Å². The van der Waals surface area contributed by atoms with Crippen molar-refractivity contribution in [1.82, 2.24) is 4.57 Å². The molecule has 262 valence electrons. The molecular formula is C51H47NO. The normalized spacial score (nSPS) is 19.5. The minimum atomic E-state index is 0.266.